The van der Waals surface area contributed by atoms with Gasteiger partial charge in [0.15, 0.2) is 12.6 Å². The maximum atomic E-state index is 12.5. The number of alkyl halides is 3. The maximum absolute atomic E-state index is 12.5. The second kappa shape index (κ2) is 10.4. The summed E-state index contributed by atoms with van der Waals surface area (Å²) in [6, 6.07) is 5.18. The Bertz CT molecular complexity index is 635. The second-order valence-corrected chi connectivity index (χ2v) is 6.87. The molecule has 1 aliphatic rings. The first-order valence-corrected chi connectivity index (χ1v) is 8.60. The van der Waals surface area contributed by atoms with Gasteiger partial charge in [-0.1, -0.05) is 19.1 Å². The number of aryl methyl sites for hydroxylation is 1. The normalized spacial score (nSPS) is 16.1. The first kappa shape index (κ1) is 23.8. The third-order valence-electron chi connectivity index (χ3n) is 3.95. The Balaban J connectivity index is 0.00000364. The van der Waals surface area contributed by atoms with Gasteiger partial charge in [0.25, 0.3) is 0 Å². The van der Waals surface area contributed by atoms with Crippen LogP contribution in [0.5, 0.6) is 5.75 Å². The van der Waals surface area contributed by atoms with Crippen LogP contribution in [0.4, 0.5) is 13.2 Å². The fraction of sp³-hybridized carbons (Fsp3) is 0.611. The molecule has 154 valence electrons. The Kier molecular flexibility index (Phi) is 9.13. The van der Waals surface area contributed by atoms with E-state index in [0.717, 1.165) is 5.56 Å². The quantitative estimate of drug-likeness (QED) is 0.341. The lowest BCUT2D eigenvalue weighted by atomic mass is 9.89. The van der Waals surface area contributed by atoms with Gasteiger partial charge >= 0.3 is 6.18 Å². The molecular weight excluding hydrogens is 474 g/mol. The Morgan fingerprint density at radius 1 is 1.30 bits per heavy atom. The minimum absolute atomic E-state index is 0. The van der Waals surface area contributed by atoms with Gasteiger partial charge in [-0.25, -0.2) is 4.99 Å². The number of aliphatic imine (C=N–C) groups is 1. The van der Waals surface area contributed by atoms with Crippen molar-refractivity contribution in [2.75, 3.05) is 32.9 Å². The lowest BCUT2D eigenvalue weighted by Gasteiger charge is -2.38. The van der Waals surface area contributed by atoms with Crippen molar-refractivity contribution < 1.29 is 22.6 Å². The molecule has 0 aliphatic carbocycles. The number of rotatable bonds is 7. The number of guanidine groups is 1. The van der Waals surface area contributed by atoms with Crippen LogP contribution in [0.25, 0.3) is 0 Å². The molecule has 0 saturated carbocycles. The standard InChI is InChI=1S/C18H26F3N3O2.HI/c1-4-22-16(24-9-17(3)10-25-11-17)23-8-14-6-5-13(2)7-15(14)26-12-18(19,20)21;/h5-7H,4,8-12H2,1-3H3,(H2,22,23,24);1H. The summed E-state index contributed by atoms with van der Waals surface area (Å²) >= 11 is 0. The van der Waals surface area contributed by atoms with Crippen molar-refractivity contribution in [1.82, 2.24) is 10.6 Å². The highest BCUT2D eigenvalue weighted by Crippen LogP contribution is 2.26. The minimum Gasteiger partial charge on any atom is -0.484 e. The van der Waals surface area contributed by atoms with Crippen LogP contribution in [-0.2, 0) is 11.3 Å². The number of benzene rings is 1. The van der Waals surface area contributed by atoms with E-state index in [-0.39, 0.29) is 41.7 Å². The SMILES string of the molecule is CCNC(=NCc1ccc(C)cc1OCC(F)(F)F)NCC1(C)COC1.I. The predicted octanol–water partition coefficient (Wildman–Crippen LogP) is 3.65. The second-order valence-electron chi connectivity index (χ2n) is 6.87. The molecule has 1 heterocycles. The van der Waals surface area contributed by atoms with E-state index in [1.54, 1.807) is 19.1 Å². The summed E-state index contributed by atoms with van der Waals surface area (Å²) in [6.07, 6.45) is -4.37. The molecule has 1 saturated heterocycles. The Hall–Kier alpha value is -1.23. The van der Waals surface area contributed by atoms with Gasteiger partial charge < -0.3 is 20.1 Å². The summed E-state index contributed by atoms with van der Waals surface area (Å²) in [7, 11) is 0. The molecule has 0 atom stereocenters. The fourth-order valence-corrected chi connectivity index (χ4v) is 2.44. The number of halogens is 4. The van der Waals surface area contributed by atoms with Crippen molar-refractivity contribution in [1.29, 1.82) is 0 Å². The Morgan fingerprint density at radius 2 is 2.00 bits per heavy atom. The van der Waals surface area contributed by atoms with Gasteiger partial charge in [0.2, 0.25) is 0 Å². The maximum Gasteiger partial charge on any atom is 0.422 e. The van der Waals surface area contributed by atoms with Crippen LogP contribution < -0.4 is 15.4 Å². The molecule has 27 heavy (non-hydrogen) atoms. The van der Waals surface area contributed by atoms with Crippen LogP contribution in [-0.4, -0.2) is 45.0 Å². The van der Waals surface area contributed by atoms with Gasteiger partial charge in [-0.05, 0) is 25.5 Å². The molecule has 0 spiro atoms. The van der Waals surface area contributed by atoms with Gasteiger partial charge in [0.1, 0.15) is 5.75 Å². The largest absolute Gasteiger partial charge is 0.484 e. The first-order chi connectivity index (χ1) is 12.2. The fourth-order valence-electron chi connectivity index (χ4n) is 2.44. The topological polar surface area (TPSA) is 54.9 Å². The number of ether oxygens (including phenoxy) is 2. The molecule has 9 heteroatoms. The van der Waals surface area contributed by atoms with Crippen LogP contribution in [0.15, 0.2) is 23.2 Å². The molecular formula is C18H27F3IN3O2. The summed E-state index contributed by atoms with van der Waals surface area (Å²) in [6.45, 7) is 7.58. The molecule has 0 radical (unpaired) electrons. The summed E-state index contributed by atoms with van der Waals surface area (Å²) < 4.78 is 47.6. The number of nitrogens with zero attached hydrogens (tertiary/aromatic N) is 1. The smallest absolute Gasteiger partial charge is 0.422 e. The zero-order chi connectivity index (χ0) is 19.2. The summed E-state index contributed by atoms with van der Waals surface area (Å²) in [5.41, 5.74) is 1.52. The molecule has 0 amide bonds. The van der Waals surface area contributed by atoms with Crippen LogP contribution >= 0.6 is 24.0 Å². The molecule has 5 nitrogen and oxygen atoms in total. The van der Waals surface area contributed by atoms with Crippen molar-refractivity contribution >= 4 is 29.9 Å². The Morgan fingerprint density at radius 3 is 2.56 bits per heavy atom. The highest BCUT2D eigenvalue weighted by molar-refractivity contribution is 14.0. The average molecular weight is 501 g/mol. The van der Waals surface area contributed by atoms with E-state index in [1.165, 1.54) is 0 Å². The van der Waals surface area contributed by atoms with Crippen molar-refractivity contribution in [3.8, 4) is 5.75 Å². The summed E-state index contributed by atoms with van der Waals surface area (Å²) in [5, 5.41) is 6.40. The summed E-state index contributed by atoms with van der Waals surface area (Å²) in [4.78, 5) is 4.47. The monoisotopic (exact) mass is 501 g/mol. The Labute approximate surface area is 175 Å². The lowest BCUT2D eigenvalue weighted by Crippen LogP contribution is -2.51. The average Bonchev–Trinajstić information content (AvgIpc) is 2.54. The van der Waals surface area contributed by atoms with E-state index in [9.17, 15) is 13.2 Å². The highest BCUT2D eigenvalue weighted by atomic mass is 127. The summed E-state index contributed by atoms with van der Waals surface area (Å²) in [5.74, 6) is 0.823. The molecule has 1 fully saturated rings. The van der Waals surface area contributed by atoms with Gasteiger partial charge in [0, 0.05) is 24.1 Å². The molecule has 0 bridgehead atoms. The zero-order valence-corrected chi connectivity index (χ0v) is 18.1. The van der Waals surface area contributed by atoms with Crippen molar-refractivity contribution in [2.24, 2.45) is 10.4 Å². The van der Waals surface area contributed by atoms with Gasteiger partial charge in [0.05, 0.1) is 19.8 Å². The molecule has 1 aliphatic heterocycles. The number of nitrogens with one attached hydrogen (secondary N) is 2. The lowest BCUT2D eigenvalue weighted by molar-refractivity contribution is -0.153. The van der Waals surface area contributed by atoms with Gasteiger partial charge in [-0.15, -0.1) is 24.0 Å². The van der Waals surface area contributed by atoms with E-state index in [0.29, 0.717) is 37.8 Å². The minimum atomic E-state index is -4.37. The van der Waals surface area contributed by atoms with Gasteiger partial charge in [-0.3, -0.25) is 0 Å². The molecule has 2 rings (SSSR count). The molecule has 1 aromatic carbocycles. The van der Waals surface area contributed by atoms with E-state index in [1.807, 2.05) is 13.0 Å². The van der Waals surface area contributed by atoms with E-state index >= 15 is 0 Å². The van der Waals surface area contributed by atoms with Crippen LogP contribution in [0.1, 0.15) is 25.0 Å². The molecule has 1 aromatic rings. The van der Waals surface area contributed by atoms with E-state index in [2.05, 4.69) is 22.5 Å². The van der Waals surface area contributed by atoms with Crippen LogP contribution in [0.2, 0.25) is 0 Å². The van der Waals surface area contributed by atoms with E-state index in [4.69, 9.17) is 9.47 Å². The van der Waals surface area contributed by atoms with Crippen molar-refractivity contribution in [3.63, 3.8) is 0 Å². The van der Waals surface area contributed by atoms with Crippen LogP contribution in [0, 0.1) is 12.3 Å². The van der Waals surface area contributed by atoms with Crippen molar-refractivity contribution in [3.05, 3.63) is 29.3 Å². The van der Waals surface area contributed by atoms with Gasteiger partial charge in [-0.2, -0.15) is 13.2 Å². The molecule has 0 unspecified atom stereocenters. The zero-order valence-electron chi connectivity index (χ0n) is 15.8. The third kappa shape index (κ3) is 8.12. The van der Waals surface area contributed by atoms with Crippen LogP contribution in [0.3, 0.4) is 0 Å². The van der Waals surface area contributed by atoms with Crippen molar-refractivity contribution in [2.45, 2.75) is 33.5 Å². The molecule has 2 N–H and O–H groups in total. The first-order valence-electron chi connectivity index (χ1n) is 8.60. The number of hydrogen-bond acceptors (Lipinski definition) is 3. The highest BCUT2D eigenvalue weighted by Gasteiger charge is 2.33. The number of hydrogen-bond donors (Lipinski definition) is 2. The predicted molar refractivity (Wildman–Crippen MR) is 110 cm³/mol. The third-order valence-corrected chi connectivity index (χ3v) is 3.95. The van der Waals surface area contributed by atoms with E-state index < -0.39 is 12.8 Å². The molecule has 0 aromatic heterocycles.